The van der Waals surface area contributed by atoms with Crippen molar-refractivity contribution in [2.45, 2.75) is 12.1 Å². The van der Waals surface area contributed by atoms with E-state index >= 15 is 4.39 Å². The van der Waals surface area contributed by atoms with Gasteiger partial charge in [-0.05, 0) is 12.1 Å². The van der Waals surface area contributed by atoms with Gasteiger partial charge in [0.25, 0.3) is 10.2 Å². The molecule has 1 aliphatic rings. The van der Waals surface area contributed by atoms with Gasteiger partial charge in [-0.3, -0.25) is 0 Å². The van der Waals surface area contributed by atoms with Crippen molar-refractivity contribution in [2.75, 3.05) is 20.2 Å². The summed E-state index contributed by atoms with van der Waals surface area (Å²) in [6.45, 7) is -0.338. The van der Waals surface area contributed by atoms with Crippen molar-refractivity contribution in [1.29, 1.82) is 0 Å². The van der Waals surface area contributed by atoms with Gasteiger partial charge in [0.2, 0.25) is 0 Å². The first-order valence-corrected chi connectivity index (χ1v) is 7.46. The maximum atomic E-state index is 15.0. The zero-order valence-electron chi connectivity index (χ0n) is 10.3. The normalized spacial score (nSPS) is 24.6. The van der Waals surface area contributed by atoms with Gasteiger partial charge in [0, 0.05) is 13.0 Å². The van der Waals surface area contributed by atoms with E-state index in [1.165, 1.54) is 7.11 Å². The smallest absolute Gasteiger partial charge is 0.277 e. The molecule has 5 nitrogen and oxygen atoms in total. The van der Waals surface area contributed by atoms with Crippen LogP contribution in [0, 0.1) is 0 Å². The van der Waals surface area contributed by atoms with E-state index in [0.717, 1.165) is 4.31 Å². The van der Waals surface area contributed by atoms with Gasteiger partial charge in [-0.1, -0.05) is 17.7 Å². The van der Waals surface area contributed by atoms with E-state index < -0.39 is 15.9 Å². The lowest BCUT2D eigenvalue weighted by Gasteiger charge is -2.23. The summed E-state index contributed by atoms with van der Waals surface area (Å²) < 4.78 is 43.5. The fourth-order valence-electron chi connectivity index (χ4n) is 2.27. The van der Waals surface area contributed by atoms with Crippen molar-refractivity contribution in [3.63, 3.8) is 0 Å². The summed E-state index contributed by atoms with van der Waals surface area (Å²) >= 11 is 6.02. The van der Waals surface area contributed by atoms with Crippen LogP contribution in [0.25, 0.3) is 0 Å². The lowest BCUT2D eigenvalue weighted by molar-refractivity contribution is 0.177. The van der Waals surface area contributed by atoms with Gasteiger partial charge < -0.3 is 4.74 Å². The predicted molar refractivity (Wildman–Crippen MR) is 70.1 cm³/mol. The predicted octanol–water partition coefficient (Wildman–Crippen LogP) is 1.42. The first-order valence-electron chi connectivity index (χ1n) is 5.58. The summed E-state index contributed by atoms with van der Waals surface area (Å²) in [6.07, 6.45) is -0.0104. The molecule has 2 N–H and O–H groups in total. The van der Waals surface area contributed by atoms with Crippen molar-refractivity contribution in [1.82, 2.24) is 4.31 Å². The molecule has 1 aromatic rings. The molecule has 1 unspecified atom stereocenters. The minimum atomic E-state index is -3.90. The minimum absolute atomic E-state index is 0.0104. The SMILES string of the molecule is COc1cccc(Cl)c1C1(F)CCN(S(N)(=O)=O)C1. The number of rotatable bonds is 3. The number of halogens is 2. The summed E-state index contributed by atoms with van der Waals surface area (Å²) in [5, 5.41) is 5.22. The first kappa shape index (κ1) is 14.5. The topological polar surface area (TPSA) is 72.6 Å². The molecule has 1 fully saturated rings. The quantitative estimate of drug-likeness (QED) is 0.918. The van der Waals surface area contributed by atoms with Gasteiger partial charge in [-0.25, -0.2) is 9.53 Å². The third-order valence-electron chi connectivity index (χ3n) is 3.19. The Morgan fingerprint density at radius 3 is 2.74 bits per heavy atom. The summed E-state index contributed by atoms with van der Waals surface area (Å²) in [5.41, 5.74) is -1.72. The molecule has 0 bridgehead atoms. The summed E-state index contributed by atoms with van der Waals surface area (Å²) in [5.74, 6) is 0.297. The lowest BCUT2D eigenvalue weighted by atomic mass is 9.94. The number of nitrogens with zero attached hydrogens (tertiary/aromatic N) is 1. The highest BCUT2D eigenvalue weighted by Crippen LogP contribution is 2.44. The number of alkyl halides is 1. The van der Waals surface area contributed by atoms with Crippen molar-refractivity contribution < 1.29 is 17.5 Å². The zero-order chi connectivity index (χ0) is 14.3. The lowest BCUT2D eigenvalue weighted by Crippen LogP contribution is -2.37. The zero-order valence-corrected chi connectivity index (χ0v) is 11.8. The van der Waals surface area contributed by atoms with E-state index in [-0.39, 0.29) is 30.1 Å². The molecule has 1 aromatic carbocycles. The number of benzene rings is 1. The Morgan fingerprint density at radius 2 is 2.21 bits per heavy atom. The van der Waals surface area contributed by atoms with Crippen LogP contribution in [0.3, 0.4) is 0 Å². The largest absolute Gasteiger partial charge is 0.496 e. The van der Waals surface area contributed by atoms with E-state index in [0.29, 0.717) is 5.75 Å². The van der Waals surface area contributed by atoms with E-state index in [9.17, 15) is 8.42 Å². The van der Waals surface area contributed by atoms with Gasteiger partial charge in [-0.2, -0.15) is 12.7 Å². The van der Waals surface area contributed by atoms with Gasteiger partial charge >= 0.3 is 0 Å². The number of ether oxygens (including phenoxy) is 1. The summed E-state index contributed by atoms with van der Waals surface area (Å²) in [7, 11) is -2.50. The van der Waals surface area contributed by atoms with Crippen LogP contribution < -0.4 is 9.88 Å². The molecule has 8 heteroatoms. The van der Waals surface area contributed by atoms with Crippen LogP contribution >= 0.6 is 11.6 Å². The van der Waals surface area contributed by atoms with Crippen LogP contribution in [-0.2, 0) is 15.9 Å². The highest BCUT2D eigenvalue weighted by Gasteiger charge is 2.46. The molecule has 1 saturated heterocycles. The van der Waals surface area contributed by atoms with Crippen LogP contribution in [0.4, 0.5) is 4.39 Å². The molecule has 0 aromatic heterocycles. The van der Waals surface area contributed by atoms with Gasteiger partial charge in [-0.15, -0.1) is 0 Å². The van der Waals surface area contributed by atoms with Crippen molar-refractivity contribution in [3.8, 4) is 5.75 Å². The molecule has 1 atom stereocenters. The molecule has 2 rings (SSSR count). The van der Waals surface area contributed by atoms with Crippen LogP contribution in [0.15, 0.2) is 18.2 Å². The summed E-state index contributed by atoms with van der Waals surface area (Å²) in [4.78, 5) is 0. The Labute approximate surface area is 116 Å². The molecule has 0 saturated carbocycles. The monoisotopic (exact) mass is 308 g/mol. The summed E-state index contributed by atoms with van der Waals surface area (Å²) in [6, 6.07) is 4.77. The molecule has 0 aliphatic carbocycles. The Balaban J connectivity index is 2.43. The van der Waals surface area contributed by atoms with E-state index in [1.54, 1.807) is 18.2 Å². The standard InChI is InChI=1S/C11H14ClFN2O3S/c1-18-9-4-2-3-8(12)10(9)11(13)5-6-15(7-11)19(14,16)17/h2-4H,5-7H2,1H3,(H2,14,16,17). The van der Waals surface area contributed by atoms with Crippen molar-refractivity contribution >= 4 is 21.8 Å². The average molecular weight is 309 g/mol. The van der Waals surface area contributed by atoms with E-state index in [1.807, 2.05) is 0 Å². The fourth-order valence-corrected chi connectivity index (χ4v) is 3.34. The average Bonchev–Trinajstić information content (AvgIpc) is 2.72. The highest BCUT2D eigenvalue weighted by molar-refractivity contribution is 7.86. The molecule has 106 valence electrons. The second-order valence-corrected chi connectivity index (χ2v) is 6.36. The molecule has 1 aliphatic heterocycles. The molecule has 0 amide bonds. The molecule has 0 spiro atoms. The first-order chi connectivity index (χ1) is 8.78. The minimum Gasteiger partial charge on any atom is -0.496 e. The Bertz CT molecular complexity index is 596. The van der Waals surface area contributed by atoms with E-state index in [4.69, 9.17) is 21.5 Å². The Hall–Kier alpha value is -0.890. The third-order valence-corrected chi connectivity index (χ3v) is 4.53. The number of nitrogens with two attached hydrogens (primary N) is 1. The van der Waals surface area contributed by atoms with Gasteiger partial charge in [0.05, 0.1) is 24.2 Å². The molecule has 1 heterocycles. The van der Waals surface area contributed by atoms with E-state index in [2.05, 4.69) is 0 Å². The number of hydrogen-bond donors (Lipinski definition) is 1. The second kappa shape index (κ2) is 4.90. The molecule has 0 radical (unpaired) electrons. The van der Waals surface area contributed by atoms with Crippen LogP contribution in [0.2, 0.25) is 5.02 Å². The van der Waals surface area contributed by atoms with Crippen LogP contribution in [0.5, 0.6) is 5.75 Å². The molecular formula is C11H14ClFN2O3S. The molecule has 19 heavy (non-hydrogen) atoms. The van der Waals surface area contributed by atoms with Crippen LogP contribution in [-0.4, -0.2) is 32.9 Å². The fraction of sp³-hybridized carbons (Fsp3) is 0.455. The van der Waals surface area contributed by atoms with Crippen LogP contribution in [0.1, 0.15) is 12.0 Å². The van der Waals surface area contributed by atoms with Gasteiger partial charge in [0.1, 0.15) is 5.75 Å². The highest BCUT2D eigenvalue weighted by atomic mass is 35.5. The van der Waals surface area contributed by atoms with Gasteiger partial charge in [0.15, 0.2) is 5.67 Å². The maximum absolute atomic E-state index is 15.0. The Kier molecular flexibility index (Phi) is 3.74. The third kappa shape index (κ3) is 2.69. The Morgan fingerprint density at radius 1 is 1.53 bits per heavy atom. The number of hydrogen-bond acceptors (Lipinski definition) is 3. The van der Waals surface area contributed by atoms with Crippen molar-refractivity contribution in [3.05, 3.63) is 28.8 Å². The maximum Gasteiger partial charge on any atom is 0.277 e. The van der Waals surface area contributed by atoms with Crippen molar-refractivity contribution in [2.24, 2.45) is 5.14 Å². The number of methoxy groups -OCH3 is 1. The molecular weight excluding hydrogens is 295 g/mol. The second-order valence-electron chi connectivity index (χ2n) is 4.41.